The minimum absolute atomic E-state index is 0.0297. The van der Waals surface area contributed by atoms with Gasteiger partial charge in [0.15, 0.2) is 0 Å². The van der Waals surface area contributed by atoms with Crippen LogP contribution >= 0.6 is 11.3 Å². The maximum atomic E-state index is 12.8. The van der Waals surface area contributed by atoms with Gasteiger partial charge in [0.05, 0.1) is 25.8 Å². The average molecular weight is 368 g/mol. The molecule has 26 heavy (non-hydrogen) atoms. The van der Waals surface area contributed by atoms with E-state index in [-0.39, 0.29) is 11.8 Å². The van der Waals surface area contributed by atoms with Gasteiger partial charge in [-0.3, -0.25) is 9.59 Å². The number of nitrogens with zero attached hydrogens (tertiary/aromatic N) is 1. The van der Waals surface area contributed by atoms with Gasteiger partial charge in [-0.25, -0.2) is 0 Å². The van der Waals surface area contributed by atoms with Gasteiger partial charge in [0.25, 0.3) is 0 Å². The number of rotatable bonds is 7. The lowest BCUT2D eigenvalue weighted by Crippen LogP contribution is -2.31. The zero-order valence-electron chi connectivity index (χ0n) is 14.5. The van der Waals surface area contributed by atoms with E-state index in [1.54, 1.807) is 34.6 Å². The Morgan fingerprint density at radius 1 is 1.08 bits per heavy atom. The van der Waals surface area contributed by atoms with Gasteiger partial charge in [0, 0.05) is 17.5 Å². The summed E-state index contributed by atoms with van der Waals surface area (Å²) in [7, 11) is 0. The molecule has 2 amide bonds. The molecular formula is C20H20N2O3S. The smallest absolute Gasteiger partial charge is 0.227 e. The minimum atomic E-state index is -0.116. The van der Waals surface area contributed by atoms with Crippen molar-refractivity contribution in [3.63, 3.8) is 0 Å². The molecule has 0 aliphatic heterocycles. The summed E-state index contributed by atoms with van der Waals surface area (Å²) in [5, 5.41) is 4.73. The number of thiophene rings is 1. The molecule has 3 aromatic rings. The molecule has 2 heterocycles. The van der Waals surface area contributed by atoms with Gasteiger partial charge < -0.3 is 14.6 Å². The first-order valence-corrected chi connectivity index (χ1v) is 9.17. The van der Waals surface area contributed by atoms with Crippen molar-refractivity contribution in [2.75, 3.05) is 5.32 Å². The van der Waals surface area contributed by atoms with Crippen LogP contribution in [-0.4, -0.2) is 16.7 Å². The van der Waals surface area contributed by atoms with Crippen molar-refractivity contribution in [2.45, 2.75) is 26.4 Å². The van der Waals surface area contributed by atoms with E-state index in [4.69, 9.17) is 4.42 Å². The zero-order valence-corrected chi connectivity index (χ0v) is 15.3. The van der Waals surface area contributed by atoms with Crippen molar-refractivity contribution in [3.8, 4) is 0 Å². The fourth-order valence-corrected chi connectivity index (χ4v) is 3.33. The SMILES string of the molecule is CC(=O)Nc1ccc(CC(=O)N(Cc2ccco2)Cc2cccs2)cc1. The van der Waals surface area contributed by atoms with Gasteiger partial charge in [-0.15, -0.1) is 11.3 Å². The van der Waals surface area contributed by atoms with E-state index in [1.807, 2.05) is 41.8 Å². The molecule has 0 spiro atoms. The molecule has 3 rings (SSSR count). The third-order valence-electron chi connectivity index (χ3n) is 3.84. The van der Waals surface area contributed by atoms with E-state index in [0.717, 1.165) is 21.9 Å². The van der Waals surface area contributed by atoms with Crippen LogP contribution in [0.4, 0.5) is 5.69 Å². The van der Waals surface area contributed by atoms with Crippen LogP contribution in [-0.2, 0) is 29.1 Å². The van der Waals surface area contributed by atoms with Crippen LogP contribution in [0, 0.1) is 0 Å². The maximum Gasteiger partial charge on any atom is 0.227 e. The van der Waals surface area contributed by atoms with Crippen LogP contribution in [0.5, 0.6) is 0 Å². The molecule has 0 bridgehead atoms. The van der Waals surface area contributed by atoms with Gasteiger partial charge in [-0.1, -0.05) is 18.2 Å². The lowest BCUT2D eigenvalue weighted by atomic mass is 10.1. The van der Waals surface area contributed by atoms with E-state index in [0.29, 0.717) is 19.5 Å². The van der Waals surface area contributed by atoms with E-state index in [1.165, 1.54) is 6.92 Å². The zero-order chi connectivity index (χ0) is 18.4. The lowest BCUT2D eigenvalue weighted by Gasteiger charge is -2.21. The van der Waals surface area contributed by atoms with Crippen molar-refractivity contribution in [3.05, 3.63) is 76.4 Å². The van der Waals surface area contributed by atoms with Gasteiger partial charge in [-0.2, -0.15) is 0 Å². The highest BCUT2D eigenvalue weighted by Gasteiger charge is 2.17. The van der Waals surface area contributed by atoms with Crippen molar-refractivity contribution in [1.29, 1.82) is 0 Å². The molecule has 0 saturated carbocycles. The summed E-state index contributed by atoms with van der Waals surface area (Å²) in [4.78, 5) is 26.9. The molecule has 5 nitrogen and oxygen atoms in total. The maximum absolute atomic E-state index is 12.8. The predicted molar refractivity (Wildman–Crippen MR) is 102 cm³/mol. The molecular weight excluding hydrogens is 348 g/mol. The lowest BCUT2D eigenvalue weighted by molar-refractivity contribution is -0.132. The number of furan rings is 1. The number of anilines is 1. The largest absolute Gasteiger partial charge is 0.467 e. The summed E-state index contributed by atoms with van der Waals surface area (Å²) in [6.07, 6.45) is 1.91. The molecule has 2 aromatic heterocycles. The molecule has 0 unspecified atom stereocenters. The Kier molecular flexibility index (Phi) is 5.86. The summed E-state index contributed by atoms with van der Waals surface area (Å²) in [5.74, 6) is 0.674. The number of nitrogens with one attached hydrogen (secondary N) is 1. The van der Waals surface area contributed by atoms with Crippen molar-refractivity contribution >= 4 is 28.8 Å². The molecule has 0 saturated heterocycles. The Hall–Kier alpha value is -2.86. The first kappa shape index (κ1) is 17.9. The van der Waals surface area contributed by atoms with Crippen molar-refractivity contribution < 1.29 is 14.0 Å². The Morgan fingerprint density at radius 3 is 2.50 bits per heavy atom. The predicted octanol–water partition coefficient (Wildman–Crippen LogP) is 4.07. The van der Waals surface area contributed by atoms with Gasteiger partial charge in [-0.05, 0) is 41.3 Å². The van der Waals surface area contributed by atoms with E-state index >= 15 is 0 Å². The summed E-state index contributed by atoms with van der Waals surface area (Å²) in [5.41, 5.74) is 1.62. The van der Waals surface area contributed by atoms with Gasteiger partial charge in [0.1, 0.15) is 5.76 Å². The highest BCUT2D eigenvalue weighted by molar-refractivity contribution is 7.09. The quantitative estimate of drug-likeness (QED) is 0.684. The molecule has 1 N–H and O–H groups in total. The Labute approximate surface area is 156 Å². The van der Waals surface area contributed by atoms with E-state index in [9.17, 15) is 9.59 Å². The monoisotopic (exact) mass is 368 g/mol. The molecule has 0 fully saturated rings. The molecule has 134 valence electrons. The van der Waals surface area contributed by atoms with Gasteiger partial charge in [0.2, 0.25) is 11.8 Å². The molecule has 1 aromatic carbocycles. The number of carbonyl (C=O) groups excluding carboxylic acids is 2. The summed E-state index contributed by atoms with van der Waals surface area (Å²) in [6.45, 7) is 2.46. The fraction of sp³-hybridized carbons (Fsp3) is 0.200. The third kappa shape index (κ3) is 5.07. The van der Waals surface area contributed by atoms with Gasteiger partial charge >= 0.3 is 0 Å². The third-order valence-corrected chi connectivity index (χ3v) is 4.70. The fourth-order valence-electron chi connectivity index (χ4n) is 2.61. The summed E-state index contributed by atoms with van der Waals surface area (Å²) < 4.78 is 5.41. The van der Waals surface area contributed by atoms with Crippen molar-refractivity contribution in [1.82, 2.24) is 4.90 Å². The van der Waals surface area contributed by atoms with Crippen LogP contribution in [0.25, 0.3) is 0 Å². The second-order valence-electron chi connectivity index (χ2n) is 5.96. The molecule has 0 aliphatic carbocycles. The van der Waals surface area contributed by atoms with E-state index < -0.39 is 0 Å². The van der Waals surface area contributed by atoms with E-state index in [2.05, 4.69) is 5.32 Å². The summed E-state index contributed by atoms with van der Waals surface area (Å²) in [6, 6.07) is 15.0. The van der Waals surface area contributed by atoms with Crippen LogP contribution in [0.3, 0.4) is 0 Å². The molecule has 0 radical (unpaired) electrons. The molecule has 0 atom stereocenters. The van der Waals surface area contributed by atoms with Crippen LogP contribution in [0.1, 0.15) is 23.1 Å². The molecule has 0 aliphatic rings. The average Bonchev–Trinajstić information content (AvgIpc) is 3.29. The molecule has 6 heteroatoms. The number of benzene rings is 1. The highest BCUT2D eigenvalue weighted by atomic mass is 32.1. The van der Waals surface area contributed by atoms with Crippen LogP contribution in [0.15, 0.2) is 64.6 Å². The second-order valence-corrected chi connectivity index (χ2v) is 7.00. The first-order chi connectivity index (χ1) is 12.6. The van der Waals surface area contributed by atoms with Crippen LogP contribution in [0.2, 0.25) is 0 Å². The normalized spacial score (nSPS) is 10.5. The minimum Gasteiger partial charge on any atom is -0.467 e. The Balaban J connectivity index is 1.68. The Morgan fingerprint density at radius 2 is 1.88 bits per heavy atom. The number of amides is 2. The second kappa shape index (κ2) is 8.49. The topological polar surface area (TPSA) is 62.6 Å². The summed E-state index contributed by atoms with van der Waals surface area (Å²) >= 11 is 1.63. The highest BCUT2D eigenvalue weighted by Crippen LogP contribution is 2.17. The number of hydrogen-bond donors (Lipinski definition) is 1. The van der Waals surface area contributed by atoms with Crippen LogP contribution < -0.4 is 5.32 Å². The first-order valence-electron chi connectivity index (χ1n) is 8.29. The Bertz CT molecular complexity index is 804. The standard InChI is InChI=1S/C20H20N2O3S/c1-15(23)21-17-8-6-16(7-9-17)12-20(24)22(13-18-4-2-10-25-18)14-19-5-3-11-26-19/h2-11H,12-14H2,1H3,(H,21,23). The number of carbonyl (C=O) groups is 2. The number of hydrogen-bond acceptors (Lipinski definition) is 4. The van der Waals surface area contributed by atoms with Crippen molar-refractivity contribution in [2.24, 2.45) is 0 Å².